The fraction of sp³-hybridized carbons (Fsp3) is 0.905. The van der Waals surface area contributed by atoms with Gasteiger partial charge in [-0.15, -0.1) is 0 Å². The van der Waals surface area contributed by atoms with Crippen molar-refractivity contribution in [2.45, 2.75) is 199 Å². The Morgan fingerprint density at radius 3 is 2.17 bits per heavy atom. The molecule has 4 N–H and O–H groups in total. The summed E-state index contributed by atoms with van der Waals surface area (Å²) < 4.78 is 33.5. The number of aliphatic carboxylic acids is 1. The third-order valence-electron chi connectivity index (χ3n) is 14.4. The van der Waals surface area contributed by atoms with Crippen molar-refractivity contribution in [3.8, 4) is 0 Å². The van der Waals surface area contributed by atoms with Gasteiger partial charge < -0.3 is 44.1 Å². The second-order valence-electron chi connectivity index (χ2n) is 17.9. The predicted octanol–water partition coefficient (Wildman–Crippen LogP) is 6.19. The molecule has 4 fully saturated rings. The molecule has 11 heteroatoms. The first-order chi connectivity index (χ1) is 24.8. The van der Waals surface area contributed by atoms with Crippen LogP contribution in [0.1, 0.15) is 133 Å². The molecule has 11 nitrogen and oxygen atoms in total. The van der Waals surface area contributed by atoms with Gasteiger partial charge in [-0.1, -0.05) is 55.4 Å². The predicted molar refractivity (Wildman–Crippen MR) is 199 cm³/mol. The van der Waals surface area contributed by atoms with Crippen LogP contribution < -0.4 is 0 Å². The summed E-state index contributed by atoms with van der Waals surface area (Å²) in [6.45, 7) is 19.6. The Hall–Kier alpha value is -1.44. The maximum absolute atomic E-state index is 14.4. The van der Waals surface area contributed by atoms with E-state index < -0.39 is 76.8 Å². The van der Waals surface area contributed by atoms with Gasteiger partial charge in [0.15, 0.2) is 5.79 Å². The van der Waals surface area contributed by atoms with Crippen LogP contribution in [0.2, 0.25) is 0 Å². The van der Waals surface area contributed by atoms with Crippen molar-refractivity contribution < 1.29 is 53.7 Å². The van der Waals surface area contributed by atoms with Gasteiger partial charge in [-0.2, -0.15) is 0 Å². The molecule has 0 unspecified atom stereocenters. The monoisotopic (exact) mass is 750 g/mol. The number of carbonyl (C=O) groups is 2. The number of ether oxygens (including phenoxy) is 5. The highest BCUT2D eigenvalue weighted by atomic mass is 16.8. The third-order valence-corrected chi connectivity index (χ3v) is 14.4. The van der Waals surface area contributed by atoms with E-state index in [4.69, 9.17) is 23.7 Å². The molecular formula is C42H70O11. The van der Waals surface area contributed by atoms with Crippen LogP contribution in [0.25, 0.3) is 0 Å². The Morgan fingerprint density at radius 2 is 1.57 bits per heavy atom. The van der Waals surface area contributed by atoms with Gasteiger partial charge in [0.2, 0.25) is 5.79 Å². The average Bonchev–Trinajstić information content (AvgIpc) is 3.47. The molecule has 4 saturated heterocycles. The van der Waals surface area contributed by atoms with Crippen LogP contribution in [0, 0.1) is 41.4 Å². The molecule has 0 aromatic heterocycles. The SMILES string of the molecule is CC[C@H](C(=O)O)[C@@H]1CC[C@H](C)[C@@H]([C@H](C)[C@H](O)[C@H](C)C(=O)[C@H](CC)[C@H]2O[C@@]3(C=C[C@H](O)[C@@]4(CC[C@@](C)([C@H]5CC[C@@](O)(CC)[C@H](C)O5)O4)O3)[C@H](C)C[C@@H]2C)O1. The fourth-order valence-electron chi connectivity index (χ4n) is 10.5. The summed E-state index contributed by atoms with van der Waals surface area (Å²) in [6, 6.07) is 0. The first-order valence-electron chi connectivity index (χ1n) is 20.7. The van der Waals surface area contributed by atoms with E-state index in [1.165, 1.54) is 0 Å². The number of ketones is 1. The summed E-state index contributed by atoms with van der Waals surface area (Å²) in [5.74, 6) is -5.78. The molecule has 0 saturated carbocycles. The Bertz CT molecular complexity index is 1320. The number of rotatable bonds is 12. The van der Waals surface area contributed by atoms with Gasteiger partial charge >= 0.3 is 5.97 Å². The summed E-state index contributed by atoms with van der Waals surface area (Å²) in [5, 5.41) is 44.0. The normalized spacial score (nSPS) is 46.2. The number of hydrogen-bond donors (Lipinski definition) is 4. The maximum atomic E-state index is 14.4. The number of Topliss-reactive ketones (excluding diaryl/α,β-unsaturated/α-hetero) is 1. The van der Waals surface area contributed by atoms with Crippen molar-refractivity contribution in [2.24, 2.45) is 41.4 Å². The van der Waals surface area contributed by atoms with E-state index in [1.54, 1.807) is 19.1 Å². The minimum atomic E-state index is -1.37. The minimum Gasteiger partial charge on any atom is -0.481 e. The number of hydrogen-bond acceptors (Lipinski definition) is 10. The molecule has 0 aromatic carbocycles. The van der Waals surface area contributed by atoms with Crippen molar-refractivity contribution in [1.82, 2.24) is 0 Å². The highest BCUT2D eigenvalue weighted by molar-refractivity contribution is 5.84. The first kappa shape index (κ1) is 42.7. The zero-order valence-corrected chi connectivity index (χ0v) is 34.0. The molecule has 5 aliphatic heterocycles. The van der Waals surface area contributed by atoms with Crippen LogP contribution in [0.15, 0.2) is 12.2 Å². The lowest BCUT2D eigenvalue weighted by molar-refractivity contribution is -0.409. The molecule has 53 heavy (non-hydrogen) atoms. The van der Waals surface area contributed by atoms with E-state index in [-0.39, 0.29) is 41.8 Å². The van der Waals surface area contributed by atoms with E-state index in [1.807, 2.05) is 41.5 Å². The molecule has 0 radical (unpaired) electrons. The Morgan fingerprint density at radius 1 is 0.887 bits per heavy atom. The summed E-state index contributed by atoms with van der Waals surface area (Å²) in [7, 11) is 0. The first-order valence-corrected chi connectivity index (χ1v) is 20.7. The molecule has 0 amide bonds. The van der Waals surface area contributed by atoms with E-state index in [9.17, 15) is 30.0 Å². The topological polar surface area (TPSA) is 161 Å². The molecule has 0 aliphatic carbocycles. The zero-order valence-electron chi connectivity index (χ0n) is 34.0. The van der Waals surface area contributed by atoms with E-state index >= 15 is 0 Å². The highest BCUT2D eigenvalue weighted by Crippen LogP contribution is 2.54. The van der Waals surface area contributed by atoms with Gasteiger partial charge in [-0.25, -0.2) is 0 Å². The Labute approximate surface area is 317 Å². The summed E-state index contributed by atoms with van der Waals surface area (Å²) >= 11 is 0. The molecule has 5 rings (SSSR count). The molecule has 5 aliphatic rings. The highest BCUT2D eigenvalue weighted by Gasteiger charge is 2.63. The number of carboxylic acids is 1. The number of carboxylic acid groups (broad SMARTS) is 1. The van der Waals surface area contributed by atoms with Crippen LogP contribution in [0.5, 0.6) is 0 Å². The van der Waals surface area contributed by atoms with Gasteiger partial charge in [-0.05, 0) is 95.6 Å². The van der Waals surface area contributed by atoms with E-state index in [0.29, 0.717) is 57.8 Å². The van der Waals surface area contributed by atoms with E-state index in [2.05, 4.69) is 20.8 Å². The second kappa shape index (κ2) is 16.2. The molecular weight excluding hydrogens is 680 g/mol. The Balaban J connectivity index is 1.31. The molecule has 0 aromatic rings. The van der Waals surface area contributed by atoms with Crippen molar-refractivity contribution >= 4 is 11.8 Å². The van der Waals surface area contributed by atoms with Gasteiger partial charge in [0, 0.05) is 30.1 Å². The van der Waals surface area contributed by atoms with Crippen LogP contribution in [-0.2, 0) is 33.3 Å². The van der Waals surface area contributed by atoms with Gasteiger partial charge in [-0.3, -0.25) is 9.59 Å². The third kappa shape index (κ3) is 7.94. The van der Waals surface area contributed by atoms with Crippen LogP contribution in [0.3, 0.4) is 0 Å². The zero-order chi connectivity index (χ0) is 39.3. The molecule has 5 heterocycles. The fourth-order valence-corrected chi connectivity index (χ4v) is 10.5. The standard InChI is InChI=1S/C42H70O11/c1-11-29(38(46)47)31-15-14-23(4)36(50-31)27(8)34(44)26(7)35(45)30(12-2)37-24(5)22-25(6)41(51-37)19-16-32(43)42(53-41)21-20-39(10,52-42)33-17-18-40(48,13-3)28(9)49-33/h16,19,23-34,36-37,43-44,48H,11-15,17-18,20-22H2,1-10H3,(H,46,47)/t23-,24-,25+,26-,27+,28-,29-,30-,31-,32-,33+,34+,36-,37-,39-,40-,41+,42+/m0/s1. The lowest BCUT2D eigenvalue weighted by Gasteiger charge is -2.54. The molecule has 304 valence electrons. The van der Waals surface area contributed by atoms with Gasteiger partial charge in [0.1, 0.15) is 11.9 Å². The Kier molecular flexibility index (Phi) is 13.0. The lowest BCUT2D eigenvalue weighted by Crippen LogP contribution is -2.63. The largest absolute Gasteiger partial charge is 0.481 e. The van der Waals surface area contributed by atoms with Crippen LogP contribution >= 0.6 is 0 Å². The number of aliphatic hydroxyl groups is 3. The van der Waals surface area contributed by atoms with E-state index in [0.717, 1.165) is 6.42 Å². The van der Waals surface area contributed by atoms with Crippen molar-refractivity contribution in [3.63, 3.8) is 0 Å². The van der Waals surface area contributed by atoms with Crippen LogP contribution in [0.4, 0.5) is 0 Å². The number of aliphatic hydroxyl groups excluding tert-OH is 2. The average molecular weight is 751 g/mol. The minimum absolute atomic E-state index is 0.0137. The summed E-state index contributed by atoms with van der Waals surface area (Å²) in [5.41, 5.74) is -1.63. The number of carbonyl (C=O) groups excluding carboxylic acids is 1. The summed E-state index contributed by atoms with van der Waals surface area (Å²) in [4.78, 5) is 26.4. The van der Waals surface area contributed by atoms with Crippen molar-refractivity contribution in [1.29, 1.82) is 0 Å². The second-order valence-corrected chi connectivity index (χ2v) is 17.9. The van der Waals surface area contributed by atoms with Crippen LogP contribution in [-0.4, -0.2) is 97.7 Å². The molecule has 18 atom stereocenters. The maximum Gasteiger partial charge on any atom is 0.309 e. The smallest absolute Gasteiger partial charge is 0.309 e. The van der Waals surface area contributed by atoms with Crippen molar-refractivity contribution in [2.75, 3.05) is 0 Å². The lowest BCUT2D eigenvalue weighted by atomic mass is 9.72. The summed E-state index contributed by atoms with van der Waals surface area (Å²) in [6.07, 6.45) is 5.51. The molecule has 2 spiro atoms. The quantitative estimate of drug-likeness (QED) is 0.169. The van der Waals surface area contributed by atoms with Gasteiger partial charge in [0.25, 0.3) is 0 Å². The molecule has 0 bridgehead atoms. The van der Waals surface area contributed by atoms with Gasteiger partial charge in [0.05, 0.1) is 53.7 Å². The van der Waals surface area contributed by atoms with Crippen molar-refractivity contribution in [3.05, 3.63) is 12.2 Å².